The van der Waals surface area contributed by atoms with Crippen LogP contribution in [0, 0.1) is 0 Å². The third-order valence-corrected chi connectivity index (χ3v) is 4.38. The molecular formula is C19H17ClN4O5. The van der Waals surface area contributed by atoms with Gasteiger partial charge in [-0.15, -0.1) is 0 Å². The van der Waals surface area contributed by atoms with E-state index >= 15 is 0 Å². The van der Waals surface area contributed by atoms with E-state index in [2.05, 4.69) is 26.1 Å². The van der Waals surface area contributed by atoms with Crippen molar-refractivity contribution in [3.63, 3.8) is 0 Å². The number of carbonyl (C=O) groups is 2. The number of aliphatic carboxylic acids is 2. The maximum Gasteiger partial charge on any atom is 0.414 e. The number of nitrogens with zero attached hydrogens (tertiary/aromatic N) is 4. The third-order valence-electron chi connectivity index (χ3n) is 4.15. The number of benzene rings is 1. The van der Waals surface area contributed by atoms with Crippen LogP contribution in [-0.2, 0) is 16.1 Å². The average molecular weight is 417 g/mol. The maximum absolute atomic E-state index is 9.10. The van der Waals surface area contributed by atoms with Crippen molar-refractivity contribution in [2.75, 3.05) is 13.1 Å². The molecule has 10 heteroatoms. The van der Waals surface area contributed by atoms with Gasteiger partial charge >= 0.3 is 11.9 Å². The minimum atomic E-state index is -1.82. The van der Waals surface area contributed by atoms with Gasteiger partial charge in [0.25, 0.3) is 0 Å². The molecule has 3 heterocycles. The van der Waals surface area contributed by atoms with E-state index in [0.29, 0.717) is 17.6 Å². The van der Waals surface area contributed by atoms with Crippen LogP contribution < -0.4 is 0 Å². The predicted molar refractivity (Wildman–Crippen MR) is 102 cm³/mol. The van der Waals surface area contributed by atoms with Crippen molar-refractivity contribution in [1.82, 2.24) is 20.0 Å². The number of pyridine rings is 1. The molecule has 0 radical (unpaired) electrons. The largest absolute Gasteiger partial charge is 0.473 e. The zero-order valence-corrected chi connectivity index (χ0v) is 15.9. The molecule has 1 saturated heterocycles. The van der Waals surface area contributed by atoms with Crippen LogP contribution in [0.1, 0.15) is 17.4 Å². The SMILES string of the molecule is Clc1cccc(CN2CC(c3nc(-c4cccnc4)no3)C2)c1.O=C(O)C(=O)O. The molecule has 4 rings (SSSR count). The predicted octanol–water partition coefficient (Wildman–Crippen LogP) is 2.54. The number of likely N-dealkylation sites (tertiary alicyclic amines) is 1. The summed E-state index contributed by atoms with van der Waals surface area (Å²) >= 11 is 6.02. The topological polar surface area (TPSA) is 130 Å². The normalized spacial score (nSPS) is 13.8. The lowest BCUT2D eigenvalue weighted by Crippen LogP contribution is -2.44. The van der Waals surface area contributed by atoms with Gasteiger partial charge in [-0.05, 0) is 29.8 Å². The van der Waals surface area contributed by atoms with Crippen molar-refractivity contribution >= 4 is 23.5 Å². The first-order valence-corrected chi connectivity index (χ1v) is 8.97. The van der Waals surface area contributed by atoms with Crippen LogP contribution >= 0.6 is 11.6 Å². The summed E-state index contributed by atoms with van der Waals surface area (Å²) in [6.07, 6.45) is 3.46. The van der Waals surface area contributed by atoms with Crippen LogP contribution in [0.5, 0.6) is 0 Å². The van der Waals surface area contributed by atoms with Gasteiger partial charge in [0.2, 0.25) is 11.7 Å². The van der Waals surface area contributed by atoms with Crippen LogP contribution in [0.25, 0.3) is 11.4 Å². The number of rotatable bonds is 4. The molecule has 0 saturated carbocycles. The molecular weight excluding hydrogens is 400 g/mol. The Labute approximate surface area is 170 Å². The lowest BCUT2D eigenvalue weighted by atomic mass is 9.99. The lowest BCUT2D eigenvalue weighted by molar-refractivity contribution is -0.159. The van der Waals surface area contributed by atoms with Crippen LogP contribution in [0.4, 0.5) is 0 Å². The van der Waals surface area contributed by atoms with Crippen molar-refractivity contribution < 1.29 is 24.3 Å². The van der Waals surface area contributed by atoms with E-state index < -0.39 is 11.9 Å². The highest BCUT2D eigenvalue weighted by molar-refractivity contribution is 6.30. The Morgan fingerprint density at radius 1 is 1.17 bits per heavy atom. The van der Waals surface area contributed by atoms with Gasteiger partial charge in [0.05, 0.1) is 5.92 Å². The molecule has 1 aliphatic rings. The molecule has 0 atom stereocenters. The maximum atomic E-state index is 9.10. The second kappa shape index (κ2) is 9.26. The summed E-state index contributed by atoms with van der Waals surface area (Å²) in [5, 5.41) is 19.6. The monoisotopic (exact) mass is 416 g/mol. The fourth-order valence-electron chi connectivity index (χ4n) is 2.76. The van der Waals surface area contributed by atoms with Gasteiger partial charge in [-0.1, -0.05) is 28.9 Å². The van der Waals surface area contributed by atoms with Crippen molar-refractivity contribution in [1.29, 1.82) is 0 Å². The van der Waals surface area contributed by atoms with Crippen LogP contribution in [0.15, 0.2) is 53.3 Å². The number of carboxylic acid groups (broad SMARTS) is 2. The standard InChI is InChI=1S/C17H15ClN4O.C2H2O4/c18-15-5-1-3-12(7-15)9-22-10-14(11-22)17-20-16(21-23-17)13-4-2-6-19-8-13;3-1(4)2(5)6/h1-8,14H,9-11H2;(H,3,4)(H,5,6). The molecule has 0 bridgehead atoms. The van der Waals surface area contributed by atoms with Gasteiger partial charge in [-0.3, -0.25) is 9.88 Å². The quantitative estimate of drug-likeness (QED) is 0.616. The Kier molecular flexibility index (Phi) is 6.53. The number of hydrogen-bond donors (Lipinski definition) is 2. The Hall–Kier alpha value is -3.30. The summed E-state index contributed by atoms with van der Waals surface area (Å²) in [6, 6.07) is 11.7. The van der Waals surface area contributed by atoms with Gasteiger partial charge < -0.3 is 14.7 Å². The van der Waals surface area contributed by atoms with Crippen molar-refractivity contribution in [2.45, 2.75) is 12.5 Å². The van der Waals surface area contributed by atoms with Crippen molar-refractivity contribution in [2.24, 2.45) is 0 Å². The fourth-order valence-corrected chi connectivity index (χ4v) is 2.97. The Balaban J connectivity index is 0.000000353. The first kappa shape index (κ1) is 20.4. The highest BCUT2D eigenvalue weighted by atomic mass is 35.5. The van der Waals surface area contributed by atoms with Gasteiger partial charge in [0.15, 0.2) is 0 Å². The summed E-state index contributed by atoms with van der Waals surface area (Å²) < 4.78 is 5.40. The Morgan fingerprint density at radius 3 is 2.55 bits per heavy atom. The lowest BCUT2D eigenvalue weighted by Gasteiger charge is -2.37. The molecule has 1 aromatic carbocycles. The summed E-state index contributed by atoms with van der Waals surface area (Å²) in [5.41, 5.74) is 2.09. The summed E-state index contributed by atoms with van der Waals surface area (Å²) in [4.78, 5) is 29.1. The minimum absolute atomic E-state index is 0.298. The van der Waals surface area contributed by atoms with E-state index in [4.69, 9.17) is 35.9 Å². The van der Waals surface area contributed by atoms with E-state index in [1.165, 1.54) is 5.56 Å². The zero-order valence-electron chi connectivity index (χ0n) is 15.1. The molecule has 1 fully saturated rings. The first-order chi connectivity index (χ1) is 13.9. The molecule has 150 valence electrons. The van der Waals surface area contributed by atoms with Crippen LogP contribution in [0.3, 0.4) is 0 Å². The van der Waals surface area contributed by atoms with E-state index in [-0.39, 0.29) is 0 Å². The van der Waals surface area contributed by atoms with E-state index in [9.17, 15) is 0 Å². The first-order valence-electron chi connectivity index (χ1n) is 8.59. The molecule has 0 unspecified atom stereocenters. The van der Waals surface area contributed by atoms with Crippen LogP contribution in [0.2, 0.25) is 5.02 Å². The zero-order chi connectivity index (χ0) is 20.8. The number of halogens is 1. The molecule has 1 aliphatic heterocycles. The Morgan fingerprint density at radius 2 is 1.93 bits per heavy atom. The minimum Gasteiger partial charge on any atom is -0.473 e. The fraction of sp³-hybridized carbons (Fsp3) is 0.211. The third kappa shape index (κ3) is 5.59. The number of aromatic nitrogens is 3. The van der Waals surface area contributed by atoms with Gasteiger partial charge in [-0.25, -0.2) is 9.59 Å². The Bertz CT molecular complexity index is 977. The summed E-state index contributed by atoms with van der Waals surface area (Å²) in [5.74, 6) is -2.05. The van der Waals surface area contributed by atoms with E-state index in [1.807, 2.05) is 30.3 Å². The molecule has 0 aliphatic carbocycles. The molecule has 2 aromatic heterocycles. The molecule has 2 N–H and O–H groups in total. The number of hydrogen-bond acceptors (Lipinski definition) is 7. The van der Waals surface area contributed by atoms with Gasteiger partial charge in [-0.2, -0.15) is 4.98 Å². The molecule has 0 amide bonds. The highest BCUT2D eigenvalue weighted by Gasteiger charge is 2.32. The number of carboxylic acids is 2. The molecule has 3 aromatic rings. The summed E-state index contributed by atoms with van der Waals surface area (Å²) in [6.45, 7) is 2.73. The molecule has 0 spiro atoms. The van der Waals surface area contributed by atoms with Gasteiger partial charge in [0.1, 0.15) is 0 Å². The highest BCUT2D eigenvalue weighted by Crippen LogP contribution is 2.29. The average Bonchev–Trinajstić information content (AvgIpc) is 3.15. The van der Waals surface area contributed by atoms with Crippen molar-refractivity contribution in [3.8, 4) is 11.4 Å². The van der Waals surface area contributed by atoms with E-state index in [1.54, 1.807) is 12.4 Å². The summed E-state index contributed by atoms with van der Waals surface area (Å²) in [7, 11) is 0. The van der Waals surface area contributed by atoms with E-state index in [0.717, 1.165) is 30.2 Å². The van der Waals surface area contributed by atoms with Crippen LogP contribution in [-0.4, -0.2) is 55.3 Å². The second-order valence-corrected chi connectivity index (χ2v) is 6.77. The smallest absolute Gasteiger partial charge is 0.414 e. The van der Waals surface area contributed by atoms with Crippen molar-refractivity contribution in [3.05, 3.63) is 65.3 Å². The second-order valence-electron chi connectivity index (χ2n) is 6.33. The molecule has 29 heavy (non-hydrogen) atoms. The van der Waals surface area contributed by atoms with Gasteiger partial charge in [0, 0.05) is 42.6 Å². The molecule has 9 nitrogen and oxygen atoms in total.